The summed E-state index contributed by atoms with van der Waals surface area (Å²) in [5, 5.41) is 0. The van der Waals surface area contributed by atoms with E-state index >= 15 is 0 Å². The Morgan fingerprint density at radius 1 is 1.33 bits per heavy atom. The molecule has 18 heavy (non-hydrogen) atoms. The van der Waals surface area contributed by atoms with Crippen LogP contribution in [-0.2, 0) is 4.74 Å². The molecule has 0 saturated carbocycles. The molecule has 0 aromatic carbocycles. The highest BCUT2D eigenvalue weighted by atomic mass is 32.1. The molecule has 0 aromatic heterocycles. The largest absolute Gasteiger partial charge is 0.392 e. The van der Waals surface area contributed by atoms with E-state index in [-0.39, 0.29) is 6.04 Å². The summed E-state index contributed by atoms with van der Waals surface area (Å²) in [6, 6.07) is 0.227. The maximum absolute atomic E-state index is 5.88. The van der Waals surface area contributed by atoms with Crippen molar-refractivity contribution in [1.82, 2.24) is 9.80 Å². The van der Waals surface area contributed by atoms with Crippen molar-refractivity contribution >= 4 is 17.2 Å². The van der Waals surface area contributed by atoms with E-state index in [1.165, 1.54) is 12.8 Å². The molecule has 2 heterocycles. The smallest absolute Gasteiger partial charge is 0.0899 e. The van der Waals surface area contributed by atoms with E-state index < -0.39 is 0 Å². The molecule has 4 nitrogen and oxygen atoms in total. The molecule has 2 saturated heterocycles. The third kappa shape index (κ3) is 3.63. The van der Waals surface area contributed by atoms with E-state index in [4.69, 9.17) is 22.7 Å². The zero-order chi connectivity index (χ0) is 13.1. The highest BCUT2D eigenvalue weighted by molar-refractivity contribution is 7.80. The molecular weight excluding hydrogens is 246 g/mol. The monoisotopic (exact) mass is 271 g/mol. The lowest BCUT2D eigenvalue weighted by Gasteiger charge is -2.38. The van der Waals surface area contributed by atoms with Gasteiger partial charge in [0.1, 0.15) is 0 Å². The van der Waals surface area contributed by atoms with Crippen molar-refractivity contribution in [2.24, 2.45) is 5.73 Å². The lowest BCUT2D eigenvalue weighted by Crippen LogP contribution is -2.53. The summed E-state index contributed by atoms with van der Waals surface area (Å²) in [5.74, 6) is 0. The van der Waals surface area contributed by atoms with Gasteiger partial charge in [-0.3, -0.25) is 9.80 Å². The molecule has 3 atom stereocenters. The number of ether oxygens (including phenoxy) is 1. The molecule has 2 rings (SSSR count). The number of rotatable bonds is 4. The second-order valence-electron chi connectivity index (χ2n) is 5.56. The lowest BCUT2D eigenvalue weighted by molar-refractivity contribution is 0.0180. The van der Waals surface area contributed by atoms with Crippen molar-refractivity contribution in [3.63, 3.8) is 0 Å². The van der Waals surface area contributed by atoms with E-state index in [9.17, 15) is 0 Å². The summed E-state index contributed by atoms with van der Waals surface area (Å²) >= 11 is 5.06. The van der Waals surface area contributed by atoms with Gasteiger partial charge in [0.2, 0.25) is 0 Å². The molecule has 0 aliphatic carbocycles. The molecule has 5 heteroatoms. The Hall–Kier alpha value is -0.230. The van der Waals surface area contributed by atoms with Crippen LogP contribution in [0.5, 0.6) is 0 Å². The Labute approximate surface area is 115 Å². The van der Waals surface area contributed by atoms with E-state index in [1.807, 2.05) is 0 Å². The molecule has 0 aromatic rings. The molecular formula is C13H25N3OS. The third-order valence-electron chi connectivity index (χ3n) is 4.15. The minimum absolute atomic E-state index is 0.227. The van der Waals surface area contributed by atoms with Gasteiger partial charge in [-0.2, -0.15) is 0 Å². The van der Waals surface area contributed by atoms with Crippen LogP contribution in [0.1, 0.15) is 26.7 Å². The molecule has 0 radical (unpaired) electrons. The van der Waals surface area contributed by atoms with Crippen LogP contribution in [0.4, 0.5) is 0 Å². The summed E-state index contributed by atoms with van der Waals surface area (Å²) in [6.07, 6.45) is 3.32. The van der Waals surface area contributed by atoms with Crippen molar-refractivity contribution in [1.29, 1.82) is 0 Å². The summed E-state index contributed by atoms with van der Waals surface area (Å²) in [6.45, 7) is 9.66. The SMILES string of the molecule is CC1CCC(CN2CCN(C(C)C(N)=S)CC2)O1. The predicted octanol–water partition coefficient (Wildman–Crippen LogP) is 0.846. The quantitative estimate of drug-likeness (QED) is 0.768. The minimum atomic E-state index is 0.227. The van der Waals surface area contributed by atoms with Crippen LogP contribution in [0.3, 0.4) is 0 Å². The first-order chi connectivity index (χ1) is 8.56. The van der Waals surface area contributed by atoms with Crippen LogP contribution in [0, 0.1) is 0 Å². The normalized spacial score (nSPS) is 32.6. The average molecular weight is 271 g/mol. The standard InChI is InChI=1S/C13H25N3OS/c1-10-3-4-12(17-10)9-15-5-7-16(8-6-15)11(2)13(14)18/h10-12H,3-9H2,1-2H3,(H2,14,18). The number of piperazine rings is 1. The van der Waals surface area contributed by atoms with Crippen molar-refractivity contribution < 1.29 is 4.74 Å². The fraction of sp³-hybridized carbons (Fsp3) is 0.923. The van der Waals surface area contributed by atoms with Crippen molar-refractivity contribution in [3.8, 4) is 0 Å². The third-order valence-corrected chi connectivity index (χ3v) is 4.49. The van der Waals surface area contributed by atoms with Crippen LogP contribution in [0.15, 0.2) is 0 Å². The molecule has 0 amide bonds. The average Bonchev–Trinajstić information content (AvgIpc) is 2.75. The maximum atomic E-state index is 5.88. The molecule has 2 aliphatic heterocycles. The molecule has 104 valence electrons. The minimum Gasteiger partial charge on any atom is -0.392 e. The Kier molecular flexibility index (Phi) is 4.95. The van der Waals surface area contributed by atoms with Gasteiger partial charge in [-0.15, -0.1) is 0 Å². The number of nitrogens with zero attached hydrogens (tertiary/aromatic N) is 2. The van der Waals surface area contributed by atoms with Gasteiger partial charge in [0, 0.05) is 32.7 Å². The van der Waals surface area contributed by atoms with Gasteiger partial charge in [-0.1, -0.05) is 12.2 Å². The number of thiocarbonyl (C=S) groups is 1. The molecule has 3 unspecified atom stereocenters. The number of nitrogens with two attached hydrogens (primary N) is 1. The summed E-state index contributed by atoms with van der Waals surface area (Å²) in [5.41, 5.74) is 5.70. The molecule has 0 bridgehead atoms. The van der Waals surface area contributed by atoms with Crippen molar-refractivity contribution in [2.75, 3.05) is 32.7 Å². The van der Waals surface area contributed by atoms with Gasteiger partial charge < -0.3 is 10.5 Å². The first-order valence-corrected chi connectivity index (χ1v) is 7.38. The summed E-state index contributed by atoms with van der Waals surface area (Å²) in [4.78, 5) is 5.49. The van der Waals surface area contributed by atoms with Gasteiger partial charge >= 0.3 is 0 Å². The van der Waals surface area contributed by atoms with Gasteiger partial charge in [0.25, 0.3) is 0 Å². The second kappa shape index (κ2) is 6.28. The van der Waals surface area contributed by atoms with Gasteiger partial charge in [-0.25, -0.2) is 0 Å². The highest BCUT2D eigenvalue weighted by Crippen LogP contribution is 2.20. The van der Waals surface area contributed by atoms with Crippen LogP contribution >= 0.6 is 12.2 Å². The molecule has 2 fully saturated rings. The van der Waals surface area contributed by atoms with Crippen LogP contribution in [0.2, 0.25) is 0 Å². The van der Waals surface area contributed by atoms with Gasteiger partial charge in [0.15, 0.2) is 0 Å². The first kappa shape index (κ1) is 14.2. The number of hydrogen-bond donors (Lipinski definition) is 1. The van der Waals surface area contributed by atoms with E-state index in [0.29, 0.717) is 17.2 Å². The van der Waals surface area contributed by atoms with Crippen molar-refractivity contribution in [2.45, 2.75) is 44.9 Å². The van der Waals surface area contributed by atoms with Crippen molar-refractivity contribution in [3.05, 3.63) is 0 Å². The Morgan fingerprint density at radius 2 is 2.00 bits per heavy atom. The molecule has 0 spiro atoms. The van der Waals surface area contributed by atoms with E-state index in [1.54, 1.807) is 0 Å². The van der Waals surface area contributed by atoms with Crippen LogP contribution in [0.25, 0.3) is 0 Å². The highest BCUT2D eigenvalue weighted by Gasteiger charge is 2.27. The Balaban J connectivity index is 1.72. The first-order valence-electron chi connectivity index (χ1n) is 6.97. The molecule has 2 N–H and O–H groups in total. The van der Waals surface area contributed by atoms with Gasteiger partial charge in [0.05, 0.1) is 23.2 Å². The van der Waals surface area contributed by atoms with Gasteiger partial charge in [-0.05, 0) is 26.7 Å². The van der Waals surface area contributed by atoms with E-state index in [0.717, 1.165) is 32.7 Å². The Bertz CT molecular complexity index is 292. The zero-order valence-electron chi connectivity index (χ0n) is 11.5. The maximum Gasteiger partial charge on any atom is 0.0899 e. The summed E-state index contributed by atoms with van der Waals surface area (Å²) < 4.78 is 5.88. The number of hydrogen-bond acceptors (Lipinski definition) is 4. The second-order valence-corrected chi connectivity index (χ2v) is 6.03. The fourth-order valence-electron chi connectivity index (χ4n) is 2.82. The topological polar surface area (TPSA) is 41.7 Å². The fourth-order valence-corrected chi connectivity index (χ4v) is 2.97. The molecule has 2 aliphatic rings. The predicted molar refractivity (Wildman–Crippen MR) is 77.8 cm³/mol. The zero-order valence-corrected chi connectivity index (χ0v) is 12.3. The van der Waals surface area contributed by atoms with E-state index in [2.05, 4.69) is 23.6 Å². The lowest BCUT2D eigenvalue weighted by atomic mass is 10.1. The van der Waals surface area contributed by atoms with Crippen LogP contribution in [-0.4, -0.2) is 65.8 Å². The Morgan fingerprint density at radius 3 is 2.50 bits per heavy atom. The summed E-state index contributed by atoms with van der Waals surface area (Å²) in [7, 11) is 0. The van der Waals surface area contributed by atoms with Crippen LogP contribution < -0.4 is 5.73 Å².